The van der Waals surface area contributed by atoms with Gasteiger partial charge in [-0.05, 0) is 24.8 Å². The van der Waals surface area contributed by atoms with E-state index in [2.05, 4.69) is 27.0 Å². The highest BCUT2D eigenvalue weighted by molar-refractivity contribution is 7.13. The molecule has 0 bridgehead atoms. The summed E-state index contributed by atoms with van der Waals surface area (Å²) in [6.07, 6.45) is 0.976. The molecule has 1 saturated heterocycles. The number of thiophene rings is 1. The number of carbonyl (C=O) groups is 1. The Labute approximate surface area is 152 Å². The summed E-state index contributed by atoms with van der Waals surface area (Å²) >= 11 is 1.64. The van der Waals surface area contributed by atoms with Gasteiger partial charge in [0.05, 0.1) is 17.1 Å². The lowest BCUT2D eigenvalue weighted by Crippen LogP contribution is -2.49. The van der Waals surface area contributed by atoms with E-state index in [1.807, 2.05) is 24.4 Å². The van der Waals surface area contributed by atoms with Crippen LogP contribution in [0.3, 0.4) is 0 Å². The first-order valence-electron chi connectivity index (χ1n) is 8.87. The molecule has 1 amide bonds. The average Bonchev–Trinajstić information content (AvgIpc) is 3.25. The third-order valence-electron chi connectivity index (χ3n) is 4.40. The van der Waals surface area contributed by atoms with Crippen molar-refractivity contribution >= 4 is 17.2 Å². The van der Waals surface area contributed by atoms with Crippen LogP contribution in [0.15, 0.2) is 21.9 Å². The summed E-state index contributed by atoms with van der Waals surface area (Å²) in [6.45, 7) is 9.82. The van der Waals surface area contributed by atoms with Crippen molar-refractivity contribution in [2.45, 2.75) is 26.8 Å². The first-order chi connectivity index (χ1) is 12.2. The van der Waals surface area contributed by atoms with Gasteiger partial charge in [0.15, 0.2) is 0 Å². The van der Waals surface area contributed by atoms with Crippen molar-refractivity contribution < 1.29 is 9.21 Å². The lowest BCUT2D eigenvalue weighted by molar-refractivity contribution is -0.122. The van der Waals surface area contributed by atoms with Crippen molar-refractivity contribution in [2.24, 2.45) is 0 Å². The van der Waals surface area contributed by atoms with Gasteiger partial charge < -0.3 is 9.73 Å². The summed E-state index contributed by atoms with van der Waals surface area (Å²) in [5.74, 6) is 1.74. The molecule has 2 aromatic rings. The average molecular weight is 362 g/mol. The summed E-state index contributed by atoms with van der Waals surface area (Å²) in [4.78, 5) is 22.1. The van der Waals surface area contributed by atoms with Crippen LogP contribution in [-0.2, 0) is 11.3 Å². The highest BCUT2D eigenvalue weighted by Crippen LogP contribution is 2.26. The number of aromatic nitrogens is 1. The molecule has 1 aliphatic heterocycles. The largest absolute Gasteiger partial charge is 0.440 e. The van der Waals surface area contributed by atoms with Crippen LogP contribution < -0.4 is 5.32 Å². The number of nitrogens with one attached hydrogen (secondary N) is 1. The van der Waals surface area contributed by atoms with Gasteiger partial charge in [0.25, 0.3) is 0 Å². The number of oxazole rings is 1. The minimum absolute atomic E-state index is 0.128. The smallest absolute Gasteiger partial charge is 0.236 e. The molecule has 6 nitrogen and oxygen atoms in total. The standard InChI is InChI=1S/C18H26N4O2S/c1-3-6-19-17(23)13-22-9-7-21(8-10-22)12-15-14(2)24-18(20-15)16-5-4-11-25-16/h4-5,11H,3,6-10,12-13H2,1-2H3,(H,19,23). The fourth-order valence-corrected chi connectivity index (χ4v) is 3.57. The minimum atomic E-state index is 0.128. The van der Waals surface area contributed by atoms with Gasteiger partial charge in [-0.25, -0.2) is 4.98 Å². The van der Waals surface area contributed by atoms with Crippen molar-refractivity contribution in [1.29, 1.82) is 0 Å². The molecule has 25 heavy (non-hydrogen) atoms. The Morgan fingerprint density at radius 2 is 2.08 bits per heavy atom. The van der Waals surface area contributed by atoms with E-state index in [9.17, 15) is 4.79 Å². The van der Waals surface area contributed by atoms with E-state index in [1.54, 1.807) is 11.3 Å². The Hall–Kier alpha value is -1.70. The van der Waals surface area contributed by atoms with Gasteiger partial charge in [0.2, 0.25) is 11.8 Å². The second-order valence-corrected chi connectivity index (χ2v) is 7.35. The number of piperazine rings is 1. The van der Waals surface area contributed by atoms with Crippen molar-refractivity contribution in [3.8, 4) is 10.8 Å². The summed E-state index contributed by atoms with van der Waals surface area (Å²) in [5.41, 5.74) is 1.01. The quantitative estimate of drug-likeness (QED) is 0.819. The Bertz CT molecular complexity index is 675. The number of amides is 1. The van der Waals surface area contributed by atoms with Crippen LogP contribution >= 0.6 is 11.3 Å². The van der Waals surface area contributed by atoms with Gasteiger partial charge >= 0.3 is 0 Å². The number of hydrogen-bond donors (Lipinski definition) is 1. The van der Waals surface area contributed by atoms with E-state index in [0.29, 0.717) is 12.4 Å². The fraction of sp³-hybridized carbons (Fsp3) is 0.556. The van der Waals surface area contributed by atoms with E-state index in [1.165, 1.54) is 0 Å². The molecule has 3 heterocycles. The molecule has 0 atom stereocenters. The zero-order valence-corrected chi connectivity index (χ0v) is 15.8. The second kappa shape index (κ2) is 8.60. The van der Waals surface area contributed by atoms with Crippen LogP contribution in [0, 0.1) is 6.92 Å². The third-order valence-corrected chi connectivity index (χ3v) is 5.26. The van der Waals surface area contributed by atoms with Crippen LogP contribution in [0.25, 0.3) is 10.8 Å². The third kappa shape index (κ3) is 4.90. The molecule has 1 N–H and O–H groups in total. The van der Waals surface area contributed by atoms with Crippen LogP contribution in [0.1, 0.15) is 24.8 Å². The fourth-order valence-electron chi connectivity index (χ4n) is 2.92. The zero-order chi connectivity index (χ0) is 17.6. The molecule has 0 spiro atoms. The van der Waals surface area contributed by atoms with E-state index in [0.717, 1.165) is 62.0 Å². The van der Waals surface area contributed by atoms with E-state index in [4.69, 9.17) is 4.42 Å². The minimum Gasteiger partial charge on any atom is -0.440 e. The molecule has 1 fully saturated rings. The monoisotopic (exact) mass is 362 g/mol. The number of nitrogens with zero attached hydrogens (tertiary/aromatic N) is 3. The van der Waals surface area contributed by atoms with Gasteiger partial charge in [-0.15, -0.1) is 11.3 Å². The first-order valence-corrected chi connectivity index (χ1v) is 9.75. The maximum absolute atomic E-state index is 11.8. The lowest BCUT2D eigenvalue weighted by atomic mass is 10.2. The summed E-state index contributed by atoms with van der Waals surface area (Å²) in [6, 6.07) is 4.04. The Morgan fingerprint density at radius 3 is 2.76 bits per heavy atom. The van der Waals surface area contributed by atoms with Gasteiger partial charge in [-0.2, -0.15) is 0 Å². The molecule has 1 aliphatic rings. The maximum Gasteiger partial charge on any atom is 0.236 e. The van der Waals surface area contributed by atoms with E-state index in [-0.39, 0.29) is 5.91 Å². The number of aryl methyl sites for hydroxylation is 1. The van der Waals surface area contributed by atoms with Gasteiger partial charge in [-0.3, -0.25) is 14.6 Å². The highest BCUT2D eigenvalue weighted by atomic mass is 32.1. The zero-order valence-electron chi connectivity index (χ0n) is 15.0. The van der Waals surface area contributed by atoms with Gasteiger partial charge in [0, 0.05) is 39.3 Å². The molecular weight excluding hydrogens is 336 g/mol. The predicted molar refractivity (Wildman–Crippen MR) is 99.6 cm³/mol. The van der Waals surface area contributed by atoms with Crippen LogP contribution in [0.2, 0.25) is 0 Å². The van der Waals surface area contributed by atoms with Crippen molar-refractivity contribution in [3.63, 3.8) is 0 Å². The number of hydrogen-bond acceptors (Lipinski definition) is 6. The maximum atomic E-state index is 11.8. The summed E-state index contributed by atoms with van der Waals surface area (Å²) in [5, 5.41) is 4.97. The topological polar surface area (TPSA) is 61.6 Å². The molecule has 3 rings (SSSR count). The van der Waals surface area contributed by atoms with Crippen LogP contribution in [0.5, 0.6) is 0 Å². The van der Waals surface area contributed by atoms with Crippen molar-refractivity contribution in [1.82, 2.24) is 20.1 Å². The molecule has 2 aromatic heterocycles. The Morgan fingerprint density at radius 1 is 1.32 bits per heavy atom. The molecule has 136 valence electrons. The normalized spacial score (nSPS) is 16.2. The predicted octanol–water partition coefficient (Wildman–Crippen LogP) is 2.36. The molecule has 7 heteroatoms. The highest BCUT2D eigenvalue weighted by Gasteiger charge is 2.21. The Balaban J connectivity index is 1.49. The Kier molecular flexibility index (Phi) is 6.23. The molecular formula is C18H26N4O2S. The second-order valence-electron chi connectivity index (χ2n) is 6.40. The lowest BCUT2D eigenvalue weighted by Gasteiger charge is -2.33. The molecule has 0 aromatic carbocycles. The van der Waals surface area contributed by atoms with E-state index < -0.39 is 0 Å². The summed E-state index contributed by atoms with van der Waals surface area (Å²) in [7, 11) is 0. The van der Waals surface area contributed by atoms with Crippen molar-refractivity contribution in [3.05, 3.63) is 29.0 Å². The SMILES string of the molecule is CCCNC(=O)CN1CCN(Cc2nc(-c3cccs3)oc2C)CC1. The van der Waals surface area contributed by atoms with Gasteiger partial charge in [0.1, 0.15) is 5.76 Å². The van der Waals surface area contributed by atoms with E-state index >= 15 is 0 Å². The number of rotatable bonds is 7. The summed E-state index contributed by atoms with van der Waals surface area (Å²) < 4.78 is 5.82. The first kappa shape index (κ1) is 18.1. The van der Waals surface area contributed by atoms with Crippen LogP contribution in [0.4, 0.5) is 0 Å². The molecule has 0 radical (unpaired) electrons. The van der Waals surface area contributed by atoms with Gasteiger partial charge in [-0.1, -0.05) is 13.0 Å². The molecule has 0 aliphatic carbocycles. The van der Waals surface area contributed by atoms with Crippen molar-refractivity contribution in [2.75, 3.05) is 39.3 Å². The number of carbonyl (C=O) groups excluding carboxylic acids is 1. The molecule has 0 saturated carbocycles. The molecule has 0 unspecified atom stereocenters. The van der Waals surface area contributed by atoms with Crippen LogP contribution in [-0.4, -0.2) is 60.0 Å².